The summed E-state index contributed by atoms with van der Waals surface area (Å²) >= 11 is 1.76. The first-order chi connectivity index (χ1) is 13.5. The Balaban J connectivity index is 1.35. The molecule has 1 saturated heterocycles. The van der Waals surface area contributed by atoms with Gasteiger partial charge in [-0.2, -0.15) is 0 Å². The molecule has 4 rings (SSSR count). The molecule has 0 bridgehead atoms. The minimum Gasteiger partial charge on any atom is -0.352 e. The third-order valence-electron chi connectivity index (χ3n) is 5.50. The maximum atomic E-state index is 12.6. The minimum absolute atomic E-state index is 0.0967. The largest absolute Gasteiger partial charge is 0.352 e. The van der Waals surface area contributed by atoms with Crippen molar-refractivity contribution in [1.29, 1.82) is 0 Å². The Morgan fingerprint density at radius 2 is 1.93 bits per heavy atom. The molecule has 1 aromatic heterocycles. The van der Waals surface area contributed by atoms with Crippen LogP contribution in [0.15, 0.2) is 36.4 Å². The second-order valence-electron chi connectivity index (χ2n) is 7.89. The summed E-state index contributed by atoms with van der Waals surface area (Å²) in [5.74, 6) is 0.274. The molecule has 1 aliphatic rings. The molecule has 0 unspecified atom stereocenters. The van der Waals surface area contributed by atoms with Gasteiger partial charge in [0.15, 0.2) is 5.13 Å². The lowest BCUT2D eigenvalue weighted by atomic mass is 9.96. The van der Waals surface area contributed by atoms with Crippen LogP contribution >= 0.6 is 11.3 Å². The van der Waals surface area contributed by atoms with Gasteiger partial charge in [-0.3, -0.25) is 4.79 Å². The third-order valence-corrected chi connectivity index (χ3v) is 6.57. The van der Waals surface area contributed by atoms with Gasteiger partial charge in [-0.05, 0) is 56.4 Å². The van der Waals surface area contributed by atoms with Crippen molar-refractivity contribution in [2.75, 3.05) is 18.0 Å². The van der Waals surface area contributed by atoms with E-state index < -0.39 is 0 Å². The monoisotopic (exact) mass is 393 g/mol. The molecule has 146 valence electrons. The van der Waals surface area contributed by atoms with Gasteiger partial charge in [-0.15, -0.1) is 0 Å². The van der Waals surface area contributed by atoms with Crippen molar-refractivity contribution in [2.45, 2.75) is 40.2 Å². The number of hydrogen-bond donors (Lipinski definition) is 1. The van der Waals surface area contributed by atoms with E-state index in [9.17, 15) is 4.79 Å². The Kier molecular flexibility index (Phi) is 5.36. The number of thiazole rings is 1. The highest BCUT2D eigenvalue weighted by atomic mass is 32.1. The highest BCUT2D eigenvalue weighted by Gasteiger charge is 2.26. The van der Waals surface area contributed by atoms with Gasteiger partial charge in [0.2, 0.25) is 5.91 Å². The topological polar surface area (TPSA) is 45.2 Å². The number of aryl methyl sites for hydroxylation is 3. The van der Waals surface area contributed by atoms with Crippen LogP contribution in [0.2, 0.25) is 0 Å². The molecule has 28 heavy (non-hydrogen) atoms. The first kappa shape index (κ1) is 18.9. The Hall–Kier alpha value is -2.40. The average molecular weight is 394 g/mol. The number of fused-ring (bicyclic) bond motifs is 1. The van der Waals surface area contributed by atoms with Crippen molar-refractivity contribution in [3.05, 3.63) is 58.7 Å². The maximum absolute atomic E-state index is 12.6. The van der Waals surface area contributed by atoms with Crippen LogP contribution in [0.4, 0.5) is 5.13 Å². The molecule has 0 radical (unpaired) electrons. The molecule has 3 aromatic rings. The van der Waals surface area contributed by atoms with Crippen LogP contribution < -0.4 is 10.2 Å². The van der Waals surface area contributed by atoms with Crippen LogP contribution in [0.3, 0.4) is 0 Å². The van der Waals surface area contributed by atoms with E-state index in [0.717, 1.165) is 42.1 Å². The van der Waals surface area contributed by atoms with Crippen molar-refractivity contribution >= 4 is 32.6 Å². The Bertz CT molecular complexity index is 1000. The normalized spacial score (nSPS) is 15.2. The van der Waals surface area contributed by atoms with E-state index >= 15 is 0 Å². The molecule has 0 atom stereocenters. The van der Waals surface area contributed by atoms with Crippen molar-refractivity contribution in [1.82, 2.24) is 10.3 Å². The lowest BCUT2D eigenvalue weighted by molar-refractivity contribution is -0.125. The molecule has 4 nitrogen and oxygen atoms in total. The van der Waals surface area contributed by atoms with Gasteiger partial charge in [0, 0.05) is 25.6 Å². The summed E-state index contributed by atoms with van der Waals surface area (Å²) in [4.78, 5) is 19.8. The van der Waals surface area contributed by atoms with E-state index in [0.29, 0.717) is 6.54 Å². The van der Waals surface area contributed by atoms with Gasteiger partial charge in [-0.25, -0.2) is 4.98 Å². The molecular weight excluding hydrogens is 366 g/mol. The summed E-state index contributed by atoms with van der Waals surface area (Å²) < 4.78 is 1.26. The molecule has 1 fully saturated rings. The molecular formula is C23H27N3OS. The Morgan fingerprint density at radius 3 is 2.68 bits per heavy atom. The number of hydrogen-bond acceptors (Lipinski definition) is 4. The second kappa shape index (κ2) is 7.92. The number of nitrogens with zero attached hydrogens (tertiary/aromatic N) is 2. The Morgan fingerprint density at radius 1 is 1.14 bits per heavy atom. The third kappa shape index (κ3) is 4.04. The summed E-state index contributed by atoms with van der Waals surface area (Å²) in [7, 11) is 0. The van der Waals surface area contributed by atoms with Gasteiger partial charge in [-0.1, -0.05) is 47.2 Å². The van der Waals surface area contributed by atoms with Gasteiger partial charge < -0.3 is 10.2 Å². The highest BCUT2D eigenvalue weighted by Crippen LogP contribution is 2.33. The Labute approximate surface area is 170 Å². The smallest absolute Gasteiger partial charge is 0.223 e. The first-order valence-corrected chi connectivity index (χ1v) is 10.8. The van der Waals surface area contributed by atoms with Crippen molar-refractivity contribution in [2.24, 2.45) is 5.92 Å². The van der Waals surface area contributed by atoms with Crippen LogP contribution in [-0.4, -0.2) is 24.0 Å². The number of amides is 1. The van der Waals surface area contributed by atoms with E-state index in [1.165, 1.54) is 21.4 Å². The van der Waals surface area contributed by atoms with E-state index in [2.05, 4.69) is 61.3 Å². The molecule has 2 aromatic carbocycles. The van der Waals surface area contributed by atoms with Crippen LogP contribution in [0, 0.1) is 26.7 Å². The summed E-state index contributed by atoms with van der Waals surface area (Å²) in [6, 6.07) is 12.7. The summed E-state index contributed by atoms with van der Waals surface area (Å²) in [5.41, 5.74) is 6.02. The van der Waals surface area contributed by atoms with Crippen LogP contribution in [0.25, 0.3) is 10.2 Å². The number of carbonyl (C=O) groups is 1. The van der Waals surface area contributed by atoms with Gasteiger partial charge in [0.05, 0.1) is 10.2 Å². The molecule has 2 heterocycles. The summed E-state index contributed by atoms with van der Waals surface area (Å²) in [6.45, 7) is 8.72. The summed E-state index contributed by atoms with van der Waals surface area (Å²) in [6.07, 6.45) is 1.77. The van der Waals surface area contributed by atoms with Crippen LogP contribution in [-0.2, 0) is 11.3 Å². The number of anilines is 1. The number of nitrogens with one attached hydrogen (secondary N) is 1. The number of benzene rings is 2. The standard InChI is InChI=1S/C23H27N3OS/c1-15-5-4-6-18(12-15)14-24-22(27)19-7-9-26(10-8-19)23-25-21-17(3)11-16(2)13-20(21)28-23/h4-6,11-13,19H,7-10,14H2,1-3H3,(H,24,27). The van der Waals surface area contributed by atoms with E-state index in [1.54, 1.807) is 11.3 Å². The number of aromatic nitrogens is 1. The van der Waals surface area contributed by atoms with E-state index in [1.807, 2.05) is 6.07 Å². The number of carbonyl (C=O) groups excluding carboxylic acids is 1. The molecule has 1 amide bonds. The lowest BCUT2D eigenvalue weighted by Crippen LogP contribution is -2.40. The van der Waals surface area contributed by atoms with Gasteiger partial charge >= 0.3 is 0 Å². The lowest BCUT2D eigenvalue weighted by Gasteiger charge is -2.31. The molecule has 0 saturated carbocycles. The van der Waals surface area contributed by atoms with Crippen LogP contribution in [0.1, 0.15) is 35.1 Å². The zero-order valence-corrected chi connectivity index (χ0v) is 17.6. The number of piperidine rings is 1. The number of rotatable bonds is 4. The highest BCUT2D eigenvalue weighted by molar-refractivity contribution is 7.22. The molecule has 5 heteroatoms. The predicted octanol–water partition coefficient (Wildman–Crippen LogP) is 4.75. The van der Waals surface area contributed by atoms with Gasteiger partial charge in [0.25, 0.3) is 0 Å². The fourth-order valence-electron chi connectivity index (χ4n) is 3.98. The van der Waals surface area contributed by atoms with E-state index in [-0.39, 0.29) is 11.8 Å². The summed E-state index contributed by atoms with van der Waals surface area (Å²) in [5, 5.41) is 4.20. The van der Waals surface area contributed by atoms with Crippen molar-refractivity contribution in [3.63, 3.8) is 0 Å². The molecule has 0 aliphatic carbocycles. The molecule has 1 aliphatic heterocycles. The fourth-order valence-corrected chi connectivity index (χ4v) is 5.18. The predicted molar refractivity (Wildman–Crippen MR) is 117 cm³/mol. The minimum atomic E-state index is 0.0967. The SMILES string of the molecule is Cc1cccc(CNC(=O)C2CCN(c3nc4c(C)cc(C)cc4s3)CC2)c1. The van der Waals surface area contributed by atoms with Crippen molar-refractivity contribution < 1.29 is 4.79 Å². The first-order valence-electron chi connectivity index (χ1n) is 9.95. The average Bonchev–Trinajstić information content (AvgIpc) is 3.11. The molecule has 1 N–H and O–H groups in total. The fraction of sp³-hybridized carbons (Fsp3) is 0.391. The zero-order chi connectivity index (χ0) is 19.7. The van der Waals surface area contributed by atoms with Gasteiger partial charge in [0.1, 0.15) is 0 Å². The molecule has 0 spiro atoms. The van der Waals surface area contributed by atoms with Crippen LogP contribution in [0.5, 0.6) is 0 Å². The quantitative estimate of drug-likeness (QED) is 0.695. The van der Waals surface area contributed by atoms with Crippen molar-refractivity contribution in [3.8, 4) is 0 Å². The van der Waals surface area contributed by atoms with E-state index in [4.69, 9.17) is 4.98 Å². The zero-order valence-electron chi connectivity index (χ0n) is 16.8. The second-order valence-corrected chi connectivity index (χ2v) is 8.90. The maximum Gasteiger partial charge on any atom is 0.223 e.